The molecule has 0 aliphatic rings. The first-order valence-corrected chi connectivity index (χ1v) is 5.17. The number of rotatable bonds is 6. The van der Waals surface area contributed by atoms with Gasteiger partial charge in [-0.3, -0.25) is 0 Å². The number of aliphatic hydroxyl groups excluding tert-OH is 1. The Labute approximate surface area is 94.0 Å². The lowest BCUT2D eigenvalue weighted by Crippen LogP contribution is -2.20. The molecule has 5 heteroatoms. The van der Waals surface area contributed by atoms with Crippen LogP contribution in [-0.2, 0) is 11.3 Å². The van der Waals surface area contributed by atoms with Gasteiger partial charge in [0.2, 0.25) is 5.88 Å². The fraction of sp³-hybridized carbons (Fsp3) is 0.545. The summed E-state index contributed by atoms with van der Waals surface area (Å²) in [6.07, 6.45) is 0.866. The molecule has 1 N–H and O–H groups in total. The number of aromatic nitrogens is 1. The highest BCUT2D eigenvalue weighted by molar-refractivity contribution is 5.25. The minimum absolute atomic E-state index is 0.191. The molecule has 0 spiro atoms. The molecule has 90 valence electrons. The molecule has 0 bridgehead atoms. The Bertz CT molecular complexity index is 333. The molecule has 0 saturated heterocycles. The minimum atomic E-state index is -0.492. The standard InChI is InChI=1S/C11H16FNO3/c1-3-15-7-8(2)16-11-9(6-14)4-10(12)5-13-11/h4-5,8,14H,3,6-7H2,1-2H3. The quantitative estimate of drug-likeness (QED) is 0.803. The van der Waals surface area contributed by atoms with Crippen molar-refractivity contribution >= 4 is 0 Å². The average Bonchev–Trinajstić information content (AvgIpc) is 2.28. The van der Waals surface area contributed by atoms with Crippen LogP contribution < -0.4 is 4.74 Å². The van der Waals surface area contributed by atoms with Gasteiger partial charge in [-0.15, -0.1) is 0 Å². The van der Waals surface area contributed by atoms with Gasteiger partial charge >= 0.3 is 0 Å². The van der Waals surface area contributed by atoms with E-state index in [9.17, 15) is 4.39 Å². The fourth-order valence-electron chi connectivity index (χ4n) is 1.20. The number of hydrogen-bond donors (Lipinski definition) is 1. The van der Waals surface area contributed by atoms with Crippen molar-refractivity contribution in [1.29, 1.82) is 0 Å². The monoisotopic (exact) mass is 229 g/mol. The van der Waals surface area contributed by atoms with Crippen molar-refractivity contribution in [2.45, 2.75) is 26.6 Å². The van der Waals surface area contributed by atoms with Crippen molar-refractivity contribution < 1.29 is 19.0 Å². The highest BCUT2D eigenvalue weighted by Gasteiger charge is 2.10. The molecule has 1 atom stereocenters. The van der Waals surface area contributed by atoms with Gasteiger partial charge in [-0.05, 0) is 19.9 Å². The van der Waals surface area contributed by atoms with E-state index in [1.165, 1.54) is 6.07 Å². The van der Waals surface area contributed by atoms with E-state index < -0.39 is 5.82 Å². The van der Waals surface area contributed by atoms with E-state index in [0.717, 1.165) is 6.20 Å². The topological polar surface area (TPSA) is 51.6 Å². The van der Waals surface area contributed by atoms with Crippen molar-refractivity contribution in [3.05, 3.63) is 23.6 Å². The van der Waals surface area contributed by atoms with Gasteiger partial charge in [0.15, 0.2) is 0 Å². The maximum absolute atomic E-state index is 12.8. The number of halogens is 1. The Morgan fingerprint density at radius 2 is 2.31 bits per heavy atom. The van der Waals surface area contributed by atoms with Crippen LogP contribution in [0.2, 0.25) is 0 Å². The van der Waals surface area contributed by atoms with Crippen LogP contribution in [0.15, 0.2) is 12.3 Å². The average molecular weight is 229 g/mol. The second-order valence-corrected chi connectivity index (χ2v) is 3.36. The Morgan fingerprint density at radius 3 is 2.94 bits per heavy atom. The first-order valence-electron chi connectivity index (χ1n) is 5.17. The maximum Gasteiger partial charge on any atom is 0.219 e. The number of nitrogens with zero attached hydrogens (tertiary/aromatic N) is 1. The SMILES string of the molecule is CCOCC(C)Oc1ncc(F)cc1CO. The third-order valence-electron chi connectivity index (χ3n) is 1.93. The van der Waals surface area contributed by atoms with Crippen molar-refractivity contribution in [3.8, 4) is 5.88 Å². The molecule has 0 radical (unpaired) electrons. The van der Waals surface area contributed by atoms with Gasteiger partial charge in [0.1, 0.15) is 11.9 Å². The van der Waals surface area contributed by atoms with Gasteiger partial charge in [-0.25, -0.2) is 9.37 Å². The van der Waals surface area contributed by atoms with E-state index in [-0.39, 0.29) is 18.6 Å². The molecule has 0 amide bonds. The van der Waals surface area contributed by atoms with E-state index in [2.05, 4.69) is 4.98 Å². The summed E-state index contributed by atoms with van der Waals surface area (Å²) in [4.78, 5) is 3.78. The van der Waals surface area contributed by atoms with E-state index in [4.69, 9.17) is 14.6 Å². The normalized spacial score (nSPS) is 12.5. The van der Waals surface area contributed by atoms with Crippen molar-refractivity contribution in [2.75, 3.05) is 13.2 Å². The minimum Gasteiger partial charge on any atom is -0.472 e. The molecule has 0 saturated carbocycles. The van der Waals surface area contributed by atoms with Crippen molar-refractivity contribution in [1.82, 2.24) is 4.98 Å². The Hall–Kier alpha value is -1.20. The number of hydrogen-bond acceptors (Lipinski definition) is 4. The molecule has 1 rings (SSSR count). The van der Waals surface area contributed by atoms with Gasteiger partial charge in [0.05, 0.1) is 19.4 Å². The highest BCUT2D eigenvalue weighted by Crippen LogP contribution is 2.17. The van der Waals surface area contributed by atoms with Crippen LogP contribution in [0.3, 0.4) is 0 Å². The van der Waals surface area contributed by atoms with Crippen LogP contribution in [-0.4, -0.2) is 29.4 Å². The largest absolute Gasteiger partial charge is 0.472 e. The summed E-state index contributed by atoms with van der Waals surface area (Å²) in [6, 6.07) is 1.20. The van der Waals surface area contributed by atoms with Crippen molar-refractivity contribution in [2.24, 2.45) is 0 Å². The number of pyridine rings is 1. The van der Waals surface area contributed by atoms with Crippen molar-refractivity contribution in [3.63, 3.8) is 0 Å². The third kappa shape index (κ3) is 3.75. The molecular formula is C11H16FNO3. The predicted molar refractivity (Wildman–Crippen MR) is 56.7 cm³/mol. The van der Waals surface area contributed by atoms with Crippen LogP contribution in [0, 0.1) is 5.82 Å². The van der Waals surface area contributed by atoms with Crippen LogP contribution in [0.1, 0.15) is 19.4 Å². The summed E-state index contributed by atoms with van der Waals surface area (Å²) >= 11 is 0. The lowest BCUT2D eigenvalue weighted by Gasteiger charge is -2.15. The molecule has 1 unspecified atom stereocenters. The zero-order valence-electron chi connectivity index (χ0n) is 9.44. The van der Waals surface area contributed by atoms with E-state index in [1.807, 2.05) is 13.8 Å². The Kier molecular flexibility index (Phi) is 5.14. The molecule has 16 heavy (non-hydrogen) atoms. The Balaban J connectivity index is 2.65. The van der Waals surface area contributed by atoms with Gasteiger partial charge in [-0.1, -0.05) is 0 Å². The number of aliphatic hydroxyl groups is 1. The molecule has 0 aliphatic heterocycles. The maximum atomic E-state index is 12.8. The van der Waals surface area contributed by atoms with E-state index in [1.54, 1.807) is 0 Å². The van der Waals surface area contributed by atoms with Gasteiger partial charge in [0.25, 0.3) is 0 Å². The second-order valence-electron chi connectivity index (χ2n) is 3.36. The molecular weight excluding hydrogens is 213 g/mol. The molecule has 1 aromatic rings. The summed E-state index contributed by atoms with van der Waals surface area (Å²) in [7, 11) is 0. The van der Waals surface area contributed by atoms with Crippen LogP contribution in [0.25, 0.3) is 0 Å². The van der Waals surface area contributed by atoms with Gasteiger partial charge in [0, 0.05) is 12.2 Å². The third-order valence-corrected chi connectivity index (χ3v) is 1.93. The van der Waals surface area contributed by atoms with Gasteiger partial charge in [-0.2, -0.15) is 0 Å². The second kappa shape index (κ2) is 6.40. The molecule has 1 heterocycles. The lowest BCUT2D eigenvalue weighted by molar-refractivity contribution is 0.0619. The first-order chi connectivity index (χ1) is 7.67. The fourth-order valence-corrected chi connectivity index (χ4v) is 1.20. The van der Waals surface area contributed by atoms with Crippen LogP contribution >= 0.6 is 0 Å². The van der Waals surface area contributed by atoms with Crippen LogP contribution in [0.5, 0.6) is 5.88 Å². The summed E-state index contributed by atoms with van der Waals surface area (Å²) in [6.45, 7) is 4.45. The lowest BCUT2D eigenvalue weighted by atomic mass is 10.3. The Morgan fingerprint density at radius 1 is 1.56 bits per heavy atom. The van der Waals surface area contributed by atoms with E-state index >= 15 is 0 Å². The molecule has 0 aliphatic carbocycles. The molecule has 0 fully saturated rings. The summed E-state index contributed by atoms with van der Waals surface area (Å²) in [5.41, 5.74) is 0.336. The van der Waals surface area contributed by atoms with Crippen LogP contribution in [0.4, 0.5) is 4.39 Å². The zero-order valence-corrected chi connectivity index (χ0v) is 9.44. The predicted octanol–water partition coefficient (Wildman–Crippen LogP) is 1.52. The van der Waals surface area contributed by atoms with Gasteiger partial charge < -0.3 is 14.6 Å². The first kappa shape index (κ1) is 12.9. The highest BCUT2D eigenvalue weighted by atomic mass is 19.1. The number of ether oxygens (including phenoxy) is 2. The molecule has 1 aromatic heterocycles. The zero-order chi connectivity index (χ0) is 12.0. The molecule has 0 aromatic carbocycles. The van der Waals surface area contributed by atoms with E-state index in [0.29, 0.717) is 18.8 Å². The summed E-state index contributed by atoms with van der Waals surface area (Å²) < 4.78 is 23.4. The summed E-state index contributed by atoms with van der Waals surface area (Å²) in [5, 5.41) is 9.01. The summed E-state index contributed by atoms with van der Waals surface area (Å²) in [5.74, 6) is -0.245. The smallest absolute Gasteiger partial charge is 0.219 e. The molecule has 4 nitrogen and oxygen atoms in total.